The first-order chi connectivity index (χ1) is 9.65. The van der Waals surface area contributed by atoms with Crippen LogP contribution in [-0.2, 0) is 19.4 Å². The summed E-state index contributed by atoms with van der Waals surface area (Å²) < 4.78 is 14.5. The molecule has 0 saturated carbocycles. The van der Waals surface area contributed by atoms with Gasteiger partial charge in [0, 0.05) is 37.2 Å². The number of H-pyrrole nitrogens is 1. The van der Waals surface area contributed by atoms with Gasteiger partial charge < -0.3 is 10.3 Å². The van der Waals surface area contributed by atoms with Gasteiger partial charge in [0.25, 0.3) is 0 Å². The lowest BCUT2D eigenvalue weighted by molar-refractivity contribution is 0.605. The molecule has 2 heterocycles. The van der Waals surface area contributed by atoms with Crippen molar-refractivity contribution in [3.63, 3.8) is 0 Å². The average Bonchev–Trinajstić information content (AvgIpc) is 2.44. The fraction of sp³-hybridized carbons (Fsp3) is 0.286. The van der Waals surface area contributed by atoms with E-state index in [9.17, 15) is 4.39 Å². The number of aromatic nitrogens is 2. The van der Waals surface area contributed by atoms with E-state index in [4.69, 9.17) is 23.8 Å². The number of hydrogen-bond acceptors (Lipinski definition) is 3. The van der Waals surface area contributed by atoms with Crippen molar-refractivity contribution < 1.29 is 4.39 Å². The number of rotatable bonds is 2. The Bertz CT molecular complexity index is 714. The molecule has 1 aromatic carbocycles. The third-order valence-corrected chi connectivity index (χ3v) is 4.03. The second-order valence-corrected chi connectivity index (χ2v) is 5.56. The molecule has 1 aromatic heterocycles. The second-order valence-electron chi connectivity index (χ2n) is 4.76. The fourth-order valence-electron chi connectivity index (χ4n) is 2.37. The normalized spacial score (nSPS) is 14.1. The molecule has 0 spiro atoms. The molecule has 2 aromatic rings. The molecule has 0 radical (unpaired) electrons. The highest BCUT2D eigenvalue weighted by Gasteiger charge is 2.14. The molecule has 0 aliphatic carbocycles. The summed E-state index contributed by atoms with van der Waals surface area (Å²) in [5.74, 6) is 0.284. The van der Waals surface area contributed by atoms with Crippen LogP contribution in [0, 0.1) is 10.5 Å². The van der Waals surface area contributed by atoms with E-state index in [0.717, 1.165) is 30.8 Å². The first kappa shape index (κ1) is 13.7. The Morgan fingerprint density at radius 1 is 1.40 bits per heavy atom. The van der Waals surface area contributed by atoms with E-state index in [-0.39, 0.29) is 5.02 Å². The first-order valence-electron chi connectivity index (χ1n) is 6.39. The minimum Gasteiger partial charge on any atom is -0.346 e. The minimum absolute atomic E-state index is 0.128. The van der Waals surface area contributed by atoms with Crippen LogP contribution < -0.4 is 5.32 Å². The molecular weight excluding hydrogens is 297 g/mol. The van der Waals surface area contributed by atoms with Crippen LogP contribution >= 0.6 is 23.8 Å². The van der Waals surface area contributed by atoms with E-state index < -0.39 is 5.82 Å². The zero-order valence-corrected chi connectivity index (χ0v) is 12.2. The van der Waals surface area contributed by atoms with Crippen molar-refractivity contribution in [1.29, 1.82) is 0 Å². The largest absolute Gasteiger partial charge is 0.346 e. The van der Waals surface area contributed by atoms with Crippen LogP contribution in [-0.4, -0.2) is 16.5 Å². The molecule has 0 unspecified atom stereocenters. The molecule has 0 bridgehead atoms. The average molecular weight is 310 g/mol. The summed E-state index contributed by atoms with van der Waals surface area (Å²) in [6, 6.07) is 4.98. The Labute approximate surface area is 126 Å². The molecule has 2 N–H and O–H groups in total. The third kappa shape index (κ3) is 2.61. The van der Waals surface area contributed by atoms with Gasteiger partial charge in [0.05, 0.1) is 5.02 Å². The van der Waals surface area contributed by atoms with Crippen molar-refractivity contribution in [3.05, 3.63) is 56.3 Å². The maximum absolute atomic E-state index is 13.9. The molecule has 0 amide bonds. The third-order valence-electron chi connectivity index (χ3n) is 3.40. The maximum atomic E-state index is 13.9. The lowest BCUT2D eigenvalue weighted by Gasteiger charge is -2.17. The molecular formula is C14H13ClFN3S. The Kier molecular flexibility index (Phi) is 3.83. The number of aromatic amines is 1. The minimum atomic E-state index is -0.394. The quantitative estimate of drug-likeness (QED) is 0.837. The Morgan fingerprint density at radius 3 is 3.10 bits per heavy atom. The van der Waals surface area contributed by atoms with Gasteiger partial charge in [-0.05, 0) is 11.6 Å². The zero-order valence-electron chi connectivity index (χ0n) is 10.7. The van der Waals surface area contributed by atoms with Crippen LogP contribution in [0.5, 0.6) is 0 Å². The predicted octanol–water partition coefficient (Wildman–Crippen LogP) is 3.17. The van der Waals surface area contributed by atoms with Gasteiger partial charge in [0.2, 0.25) is 0 Å². The smallest absolute Gasteiger partial charge is 0.145 e. The summed E-state index contributed by atoms with van der Waals surface area (Å²) in [6.45, 7) is 1.65. The summed E-state index contributed by atoms with van der Waals surface area (Å²) in [7, 11) is 0. The molecule has 0 atom stereocenters. The van der Waals surface area contributed by atoms with Gasteiger partial charge in [-0.3, -0.25) is 0 Å². The van der Waals surface area contributed by atoms with E-state index in [2.05, 4.69) is 15.3 Å². The molecule has 0 fully saturated rings. The van der Waals surface area contributed by atoms with E-state index >= 15 is 0 Å². The van der Waals surface area contributed by atoms with E-state index in [1.807, 2.05) is 0 Å². The Hall–Kier alpha value is -1.30. The first-order valence-corrected chi connectivity index (χ1v) is 7.18. The number of hydrogen-bond donors (Lipinski definition) is 2. The van der Waals surface area contributed by atoms with Gasteiger partial charge in [-0.2, -0.15) is 0 Å². The number of benzene rings is 1. The molecule has 3 nitrogen and oxygen atoms in total. The molecule has 1 aliphatic rings. The highest BCUT2D eigenvalue weighted by atomic mass is 35.5. The molecule has 0 saturated heterocycles. The Morgan fingerprint density at radius 2 is 2.25 bits per heavy atom. The van der Waals surface area contributed by atoms with Gasteiger partial charge in [-0.25, -0.2) is 9.37 Å². The Balaban J connectivity index is 1.97. The molecule has 104 valence electrons. The summed E-state index contributed by atoms with van der Waals surface area (Å²) in [6.07, 6.45) is 1.24. The van der Waals surface area contributed by atoms with E-state index in [1.54, 1.807) is 12.1 Å². The van der Waals surface area contributed by atoms with Crippen molar-refractivity contribution in [1.82, 2.24) is 15.3 Å². The van der Waals surface area contributed by atoms with Gasteiger partial charge in [0.15, 0.2) is 0 Å². The van der Waals surface area contributed by atoms with E-state index in [1.165, 1.54) is 6.07 Å². The van der Waals surface area contributed by atoms with Gasteiger partial charge in [-0.1, -0.05) is 36.0 Å². The SMILES string of the molecule is Fc1c(Cl)cccc1Cc1nc(=S)c2c([nH]1)CCNC2. The van der Waals surface area contributed by atoms with Crippen molar-refractivity contribution in [2.75, 3.05) is 6.54 Å². The number of nitrogens with one attached hydrogen (secondary N) is 2. The topological polar surface area (TPSA) is 40.7 Å². The van der Waals surface area contributed by atoms with Gasteiger partial charge in [0.1, 0.15) is 16.3 Å². The number of fused-ring (bicyclic) bond motifs is 1. The van der Waals surface area contributed by atoms with Gasteiger partial charge in [-0.15, -0.1) is 0 Å². The van der Waals surface area contributed by atoms with E-state index in [0.29, 0.717) is 22.4 Å². The van der Waals surface area contributed by atoms with Crippen LogP contribution in [0.2, 0.25) is 5.02 Å². The maximum Gasteiger partial charge on any atom is 0.145 e. The fourth-order valence-corrected chi connectivity index (χ4v) is 2.87. The lowest BCUT2D eigenvalue weighted by atomic mass is 10.1. The van der Waals surface area contributed by atoms with Crippen LogP contribution in [0.25, 0.3) is 0 Å². The van der Waals surface area contributed by atoms with Crippen LogP contribution in [0.15, 0.2) is 18.2 Å². The summed E-state index contributed by atoms with van der Waals surface area (Å²) in [5, 5.41) is 3.39. The van der Waals surface area contributed by atoms with Crippen LogP contribution in [0.4, 0.5) is 4.39 Å². The second kappa shape index (κ2) is 5.60. The number of halogens is 2. The van der Waals surface area contributed by atoms with Crippen molar-refractivity contribution >= 4 is 23.8 Å². The molecule has 3 rings (SSSR count). The summed E-state index contributed by atoms with van der Waals surface area (Å²) >= 11 is 11.1. The summed E-state index contributed by atoms with van der Waals surface area (Å²) in [4.78, 5) is 7.64. The predicted molar refractivity (Wildman–Crippen MR) is 79.0 cm³/mol. The molecule has 1 aliphatic heterocycles. The zero-order chi connectivity index (χ0) is 14.1. The monoisotopic (exact) mass is 309 g/mol. The number of nitrogens with zero attached hydrogens (tertiary/aromatic N) is 1. The molecule has 20 heavy (non-hydrogen) atoms. The van der Waals surface area contributed by atoms with Crippen molar-refractivity contribution in [2.24, 2.45) is 0 Å². The highest BCUT2D eigenvalue weighted by Crippen LogP contribution is 2.20. The van der Waals surface area contributed by atoms with Crippen molar-refractivity contribution in [3.8, 4) is 0 Å². The lowest BCUT2D eigenvalue weighted by Crippen LogP contribution is -2.26. The highest BCUT2D eigenvalue weighted by molar-refractivity contribution is 7.71. The summed E-state index contributed by atoms with van der Waals surface area (Å²) in [5.41, 5.74) is 2.66. The van der Waals surface area contributed by atoms with Crippen LogP contribution in [0.3, 0.4) is 0 Å². The van der Waals surface area contributed by atoms with Crippen molar-refractivity contribution in [2.45, 2.75) is 19.4 Å². The van der Waals surface area contributed by atoms with Gasteiger partial charge >= 0.3 is 0 Å². The van der Waals surface area contributed by atoms with Crippen LogP contribution in [0.1, 0.15) is 22.6 Å². The standard InChI is InChI=1S/C14H13ClFN3S/c15-10-3-1-2-8(13(10)16)6-12-18-11-4-5-17-7-9(11)14(20)19-12/h1-3,17H,4-7H2,(H,18,19,20). The molecule has 6 heteroatoms.